The lowest BCUT2D eigenvalue weighted by molar-refractivity contribution is -0.123. The first kappa shape index (κ1) is 23.4. The number of ether oxygens (including phenoxy) is 1. The van der Waals surface area contributed by atoms with Gasteiger partial charge >= 0.3 is 0 Å². The van der Waals surface area contributed by atoms with Crippen LogP contribution in [0.1, 0.15) is 47.8 Å². The SMILES string of the molecule is C=C1O[C@@H](n2ccc3c(NC(=O)C(C)(C)C)ncnc32)[C@@H](F)[C@@H]1O[Si](C)(C)C(C)(C)C. The van der Waals surface area contributed by atoms with Gasteiger partial charge in [0.1, 0.15) is 29.7 Å². The number of amides is 1. The van der Waals surface area contributed by atoms with E-state index < -0.39 is 32.2 Å². The van der Waals surface area contributed by atoms with Gasteiger partial charge in [-0.25, -0.2) is 14.4 Å². The molecule has 31 heavy (non-hydrogen) atoms. The number of nitrogens with zero attached hydrogens (tertiary/aromatic N) is 3. The standard InChI is InChI=1S/C22H33FN4O3Si/c1-13-16(30-31(8,9)22(5,6)7)15(23)19(29-13)27-11-10-14-17(24-12-25-18(14)27)26-20(28)21(2,3)4/h10-12,15-16,19H,1H2,2-9H3,(H,24,25,26,28)/t15-,16+,19+/m0/s1. The molecule has 9 heteroatoms. The normalized spacial score (nSPS) is 22.6. The molecule has 0 bridgehead atoms. The highest BCUT2D eigenvalue weighted by atomic mass is 28.4. The van der Waals surface area contributed by atoms with Crippen LogP contribution in [0.5, 0.6) is 0 Å². The number of rotatable bonds is 4. The number of alkyl halides is 1. The second-order valence-electron chi connectivity index (χ2n) is 10.6. The summed E-state index contributed by atoms with van der Waals surface area (Å²) < 4.78 is 29.3. The van der Waals surface area contributed by atoms with Crippen LogP contribution in [-0.4, -0.2) is 41.0 Å². The Balaban J connectivity index is 1.90. The predicted octanol–water partition coefficient (Wildman–Crippen LogP) is 5.19. The molecule has 0 aromatic carbocycles. The third-order valence-electron chi connectivity index (χ3n) is 6.08. The first-order valence-electron chi connectivity index (χ1n) is 10.4. The molecular formula is C22H33FN4O3Si. The summed E-state index contributed by atoms with van der Waals surface area (Å²) in [6.07, 6.45) is -0.214. The molecule has 0 unspecified atom stereocenters. The lowest BCUT2D eigenvalue weighted by Gasteiger charge is -2.38. The fraction of sp³-hybridized carbons (Fsp3) is 0.591. The molecule has 1 saturated heterocycles. The number of aromatic nitrogens is 3. The van der Waals surface area contributed by atoms with E-state index in [1.54, 1.807) is 16.8 Å². The molecular weight excluding hydrogens is 415 g/mol. The smallest absolute Gasteiger partial charge is 0.230 e. The largest absolute Gasteiger partial charge is 0.469 e. The molecule has 1 aliphatic rings. The molecule has 1 aliphatic heterocycles. The molecule has 1 N–H and O–H groups in total. The Bertz CT molecular complexity index is 1010. The molecule has 3 atom stereocenters. The Labute approximate surface area is 184 Å². The van der Waals surface area contributed by atoms with E-state index in [2.05, 4.69) is 55.7 Å². The zero-order chi connectivity index (χ0) is 23.4. The van der Waals surface area contributed by atoms with Crippen molar-refractivity contribution >= 4 is 31.1 Å². The molecule has 3 heterocycles. The number of carbonyl (C=O) groups excluding carboxylic acids is 1. The number of carbonyl (C=O) groups is 1. The summed E-state index contributed by atoms with van der Waals surface area (Å²) in [5.41, 5.74) is -0.113. The van der Waals surface area contributed by atoms with Crippen molar-refractivity contribution < 1.29 is 18.3 Å². The first-order valence-corrected chi connectivity index (χ1v) is 13.3. The number of hydrogen-bond donors (Lipinski definition) is 1. The maximum Gasteiger partial charge on any atom is 0.230 e. The summed E-state index contributed by atoms with van der Waals surface area (Å²) in [4.78, 5) is 20.9. The van der Waals surface area contributed by atoms with Crippen LogP contribution in [0.25, 0.3) is 11.0 Å². The number of hydrogen-bond acceptors (Lipinski definition) is 5. The minimum atomic E-state index is -2.23. The van der Waals surface area contributed by atoms with Gasteiger partial charge in [0.15, 0.2) is 14.5 Å². The first-order chi connectivity index (χ1) is 14.1. The van der Waals surface area contributed by atoms with Crippen LogP contribution >= 0.6 is 0 Å². The van der Waals surface area contributed by atoms with E-state index in [9.17, 15) is 4.79 Å². The van der Waals surface area contributed by atoms with Gasteiger partial charge in [-0.1, -0.05) is 48.1 Å². The molecule has 0 radical (unpaired) electrons. The summed E-state index contributed by atoms with van der Waals surface area (Å²) in [6.45, 7) is 19.8. The molecule has 0 saturated carbocycles. The molecule has 0 aliphatic carbocycles. The third kappa shape index (κ3) is 4.38. The summed E-state index contributed by atoms with van der Waals surface area (Å²) in [7, 11) is -2.23. The van der Waals surface area contributed by atoms with Gasteiger partial charge in [-0.2, -0.15) is 0 Å². The summed E-state index contributed by atoms with van der Waals surface area (Å²) in [6, 6.07) is 1.74. The monoisotopic (exact) mass is 448 g/mol. The fourth-order valence-corrected chi connectivity index (χ4v) is 4.27. The lowest BCUT2D eigenvalue weighted by Crippen LogP contribution is -2.46. The van der Waals surface area contributed by atoms with Gasteiger partial charge in [-0.15, -0.1) is 0 Å². The lowest BCUT2D eigenvalue weighted by atomic mass is 9.96. The second kappa shape index (κ2) is 7.70. The molecule has 0 spiro atoms. The van der Waals surface area contributed by atoms with Gasteiger partial charge in [-0.3, -0.25) is 9.36 Å². The molecule has 7 nitrogen and oxygen atoms in total. The summed E-state index contributed by atoms with van der Waals surface area (Å²) >= 11 is 0. The van der Waals surface area contributed by atoms with E-state index in [0.717, 1.165) is 0 Å². The molecule has 2 aromatic heterocycles. The highest BCUT2D eigenvalue weighted by molar-refractivity contribution is 6.74. The van der Waals surface area contributed by atoms with E-state index in [-0.39, 0.29) is 16.7 Å². The van der Waals surface area contributed by atoms with Crippen molar-refractivity contribution in [1.82, 2.24) is 14.5 Å². The topological polar surface area (TPSA) is 78.3 Å². The van der Waals surface area contributed by atoms with E-state index in [0.29, 0.717) is 16.9 Å². The van der Waals surface area contributed by atoms with Crippen molar-refractivity contribution in [3.63, 3.8) is 0 Å². The maximum absolute atomic E-state index is 15.6. The van der Waals surface area contributed by atoms with Crippen molar-refractivity contribution in [1.29, 1.82) is 0 Å². The van der Waals surface area contributed by atoms with Crippen LogP contribution in [0.3, 0.4) is 0 Å². The van der Waals surface area contributed by atoms with Crippen molar-refractivity contribution in [2.75, 3.05) is 5.32 Å². The highest BCUT2D eigenvalue weighted by Gasteiger charge is 2.49. The maximum atomic E-state index is 15.6. The van der Waals surface area contributed by atoms with Crippen LogP contribution in [-0.2, 0) is 14.0 Å². The van der Waals surface area contributed by atoms with Gasteiger partial charge < -0.3 is 14.5 Å². The summed E-state index contributed by atoms with van der Waals surface area (Å²) in [5, 5.41) is 3.37. The van der Waals surface area contributed by atoms with Crippen molar-refractivity contribution in [2.24, 2.45) is 5.41 Å². The Kier molecular flexibility index (Phi) is 5.81. The van der Waals surface area contributed by atoms with Crippen molar-refractivity contribution in [3.05, 3.63) is 30.9 Å². The van der Waals surface area contributed by atoms with Gasteiger partial charge in [0.2, 0.25) is 12.1 Å². The van der Waals surface area contributed by atoms with Gasteiger partial charge in [0, 0.05) is 11.6 Å². The molecule has 170 valence electrons. The van der Waals surface area contributed by atoms with Gasteiger partial charge in [-0.05, 0) is 24.2 Å². The van der Waals surface area contributed by atoms with Crippen LogP contribution in [0.4, 0.5) is 10.2 Å². The van der Waals surface area contributed by atoms with Crippen LogP contribution < -0.4 is 5.32 Å². The Morgan fingerprint density at radius 3 is 2.48 bits per heavy atom. The van der Waals surface area contributed by atoms with E-state index in [4.69, 9.17) is 9.16 Å². The van der Waals surface area contributed by atoms with Crippen LogP contribution in [0.2, 0.25) is 18.1 Å². The third-order valence-corrected chi connectivity index (χ3v) is 10.5. The number of anilines is 1. The summed E-state index contributed by atoms with van der Waals surface area (Å²) in [5.74, 6) is 0.487. The average Bonchev–Trinajstić information content (AvgIpc) is 3.16. The van der Waals surface area contributed by atoms with Gasteiger partial charge in [0.25, 0.3) is 0 Å². The van der Waals surface area contributed by atoms with Crippen molar-refractivity contribution in [3.8, 4) is 0 Å². The Morgan fingerprint density at radius 2 is 1.90 bits per heavy atom. The molecule has 2 aromatic rings. The van der Waals surface area contributed by atoms with Gasteiger partial charge in [0.05, 0.1) is 5.39 Å². The molecule has 1 fully saturated rings. The average molecular weight is 449 g/mol. The molecule has 1 amide bonds. The zero-order valence-electron chi connectivity index (χ0n) is 19.6. The zero-order valence-corrected chi connectivity index (χ0v) is 20.6. The quantitative estimate of drug-likeness (QED) is 0.652. The van der Waals surface area contributed by atoms with E-state index >= 15 is 4.39 Å². The van der Waals surface area contributed by atoms with Crippen LogP contribution in [0.15, 0.2) is 30.9 Å². The van der Waals surface area contributed by atoms with Crippen LogP contribution in [0, 0.1) is 5.41 Å². The molecule has 3 rings (SSSR count). The fourth-order valence-electron chi connectivity index (χ4n) is 3.02. The Hall–Kier alpha value is -2.26. The van der Waals surface area contributed by atoms with Crippen molar-refractivity contribution in [2.45, 2.75) is 78.2 Å². The minimum Gasteiger partial charge on any atom is -0.469 e. The number of nitrogens with one attached hydrogen (secondary N) is 1. The van der Waals surface area contributed by atoms with E-state index in [1.165, 1.54) is 6.33 Å². The number of fused-ring (bicyclic) bond motifs is 1. The predicted molar refractivity (Wildman–Crippen MR) is 122 cm³/mol. The highest BCUT2D eigenvalue weighted by Crippen LogP contribution is 2.43. The number of halogens is 1. The minimum absolute atomic E-state index is 0.0708. The van der Waals surface area contributed by atoms with E-state index in [1.807, 2.05) is 20.8 Å². The second-order valence-corrected chi connectivity index (χ2v) is 15.4. The Morgan fingerprint density at radius 1 is 1.26 bits per heavy atom.